The van der Waals surface area contributed by atoms with Crippen LogP contribution in [0.3, 0.4) is 0 Å². The van der Waals surface area contributed by atoms with Crippen LogP contribution in [0, 0.1) is 5.92 Å². The predicted octanol–water partition coefficient (Wildman–Crippen LogP) is 2.54. The van der Waals surface area contributed by atoms with Crippen molar-refractivity contribution in [2.24, 2.45) is 11.7 Å². The van der Waals surface area contributed by atoms with E-state index < -0.39 is 0 Å². The van der Waals surface area contributed by atoms with Crippen LogP contribution < -0.4 is 15.8 Å². The number of rotatable bonds is 4. The van der Waals surface area contributed by atoms with Gasteiger partial charge in [-0.05, 0) is 43.7 Å². The number of methoxy groups -OCH3 is 1. The summed E-state index contributed by atoms with van der Waals surface area (Å²) in [4.78, 5) is 12.0. The average molecular weight is 262 g/mol. The first-order valence-electron chi connectivity index (χ1n) is 6.87. The van der Waals surface area contributed by atoms with E-state index in [1.54, 1.807) is 7.11 Å². The van der Waals surface area contributed by atoms with Gasteiger partial charge in [0.15, 0.2) is 0 Å². The molecule has 1 amide bonds. The van der Waals surface area contributed by atoms with Crippen molar-refractivity contribution >= 4 is 11.6 Å². The zero-order valence-electron chi connectivity index (χ0n) is 11.4. The summed E-state index contributed by atoms with van der Waals surface area (Å²) >= 11 is 0. The van der Waals surface area contributed by atoms with Gasteiger partial charge in [-0.1, -0.05) is 12.1 Å². The number of hydrogen-bond acceptors (Lipinski definition) is 3. The van der Waals surface area contributed by atoms with E-state index in [2.05, 4.69) is 5.32 Å². The van der Waals surface area contributed by atoms with Gasteiger partial charge in [-0.15, -0.1) is 0 Å². The van der Waals surface area contributed by atoms with Crippen LogP contribution in [0.25, 0.3) is 0 Å². The van der Waals surface area contributed by atoms with E-state index in [9.17, 15) is 4.79 Å². The van der Waals surface area contributed by atoms with Gasteiger partial charge >= 0.3 is 0 Å². The lowest BCUT2D eigenvalue weighted by molar-refractivity contribution is -0.117. The number of para-hydroxylation sites is 2. The van der Waals surface area contributed by atoms with Crippen LogP contribution in [0.2, 0.25) is 0 Å². The fourth-order valence-electron chi connectivity index (χ4n) is 2.60. The number of carbonyl (C=O) groups is 1. The van der Waals surface area contributed by atoms with E-state index in [0.717, 1.165) is 31.4 Å². The highest BCUT2D eigenvalue weighted by Crippen LogP contribution is 2.27. The molecule has 19 heavy (non-hydrogen) atoms. The Balaban J connectivity index is 1.87. The number of anilines is 1. The van der Waals surface area contributed by atoms with Gasteiger partial charge < -0.3 is 15.8 Å². The first-order chi connectivity index (χ1) is 9.19. The first-order valence-corrected chi connectivity index (χ1v) is 6.87. The Bertz CT molecular complexity index is 426. The Morgan fingerprint density at radius 1 is 1.32 bits per heavy atom. The molecule has 0 radical (unpaired) electrons. The third kappa shape index (κ3) is 3.96. The van der Waals surface area contributed by atoms with Crippen LogP contribution in [0.5, 0.6) is 5.75 Å². The lowest BCUT2D eigenvalue weighted by Crippen LogP contribution is -2.28. The highest BCUT2D eigenvalue weighted by atomic mass is 16.5. The van der Waals surface area contributed by atoms with E-state index >= 15 is 0 Å². The minimum absolute atomic E-state index is 0.0602. The standard InChI is InChI=1S/C15H22N2O2/c1-19-14-5-3-2-4-13(14)17-15(18)10-11-6-8-12(16)9-7-11/h2-5,11-12H,6-10,16H2,1H3,(H,17,18). The van der Waals surface area contributed by atoms with Gasteiger partial charge in [-0.3, -0.25) is 4.79 Å². The predicted molar refractivity (Wildman–Crippen MR) is 76.2 cm³/mol. The number of carbonyl (C=O) groups excluding carboxylic acids is 1. The van der Waals surface area contributed by atoms with Gasteiger partial charge in [-0.25, -0.2) is 0 Å². The molecule has 4 heteroatoms. The van der Waals surface area contributed by atoms with Gasteiger partial charge in [-0.2, -0.15) is 0 Å². The Labute approximate surface area is 114 Å². The van der Waals surface area contributed by atoms with E-state index in [1.165, 1.54) is 0 Å². The van der Waals surface area contributed by atoms with Crippen LogP contribution in [0.15, 0.2) is 24.3 Å². The topological polar surface area (TPSA) is 64.3 Å². The van der Waals surface area contributed by atoms with Crippen molar-refractivity contribution in [3.63, 3.8) is 0 Å². The van der Waals surface area contributed by atoms with Crippen LogP contribution in [0.1, 0.15) is 32.1 Å². The fourth-order valence-corrected chi connectivity index (χ4v) is 2.60. The molecule has 1 aromatic rings. The Morgan fingerprint density at radius 2 is 2.00 bits per heavy atom. The lowest BCUT2D eigenvalue weighted by atomic mass is 9.84. The molecule has 104 valence electrons. The van der Waals surface area contributed by atoms with Gasteiger partial charge in [0.25, 0.3) is 0 Å². The van der Waals surface area contributed by atoms with Crippen molar-refractivity contribution in [1.29, 1.82) is 0 Å². The third-order valence-corrected chi connectivity index (χ3v) is 3.75. The molecule has 0 unspecified atom stereocenters. The molecule has 0 spiro atoms. The van der Waals surface area contributed by atoms with Crippen molar-refractivity contribution in [3.05, 3.63) is 24.3 Å². The minimum atomic E-state index is 0.0602. The second-order valence-corrected chi connectivity index (χ2v) is 5.23. The molecule has 1 fully saturated rings. The smallest absolute Gasteiger partial charge is 0.224 e. The molecular formula is C15H22N2O2. The number of nitrogens with two attached hydrogens (primary N) is 1. The summed E-state index contributed by atoms with van der Waals surface area (Å²) < 4.78 is 5.22. The molecule has 0 atom stereocenters. The van der Waals surface area contributed by atoms with Gasteiger partial charge in [0.1, 0.15) is 5.75 Å². The summed E-state index contributed by atoms with van der Waals surface area (Å²) in [7, 11) is 1.60. The monoisotopic (exact) mass is 262 g/mol. The molecule has 0 aliphatic heterocycles. The highest BCUT2D eigenvalue weighted by molar-refractivity contribution is 5.92. The molecule has 0 bridgehead atoms. The number of hydrogen-bond donors (Lipinski definition) is 2. The summed E-state index contributed by atoms with van der Waals surface area (Å²) in [5, 5.41) is 2.92. The zero-order chi connectivity index (χ0) is 13.7. The van der Waals surface area contributed by atoms with Crippen LogP contribution in [-0.4, -0.2) is 19.1 Å². The van der Waals surface area contributed by atoms with E-state index in [0.29, 0.717) is 24.1 Å². The van der Waals surface area contributed by atoms with E-state index in [1.807, 2.05) is 24.3 Å². The molecule has 1 saturated carbocycles. The van der Waals surface area contributed by atoms with Crippen molar-refractivity contribution in [2.75, 3.05) is 12.4 Å². The average Bonchev–Trinajstić information content (AvgIpc) is 2.42. The Hall–Kier alpha value is -1.55. The maximum atomic E-state index is 12.0. The molecule has 1 aromatic carbocycles. The highest BCUT2D eigenvalue weighted by Gasteiger charge is 2.21. The van der Waals surface area contributed by atoms with Gasteiger partial charge in [0.2, 0.25) is 5.91 Å². The molecular weight excluding hydrogens is 240 g/mol. The summed E-state index contributed by atoms with van der Waals surface area (Å²) in [5.74, 6) is 1.22. The SMILES string of the molecule is COc1ccccc1NC(=O)CC1CCC(N)CC1. The fraction of sp³-hybridized carbons (Fsp3) is 0.533. The number of benzene rings is 1. The number of ether oxygens (including phenoxy) is 1. The second-order valence-electron chi connectivity index (χ2n) is 5.23. The molecule has 0 heterocycles. The number of amides is 1. The summed E-state index contributed by atoms with van der Waals surface area (Å²) in [6, 6.07) is 7.80. The summed E-state index contributed by atoms with van der Waals surface area (Å²) in [5.41, 5.74) is 6.61. The summed E-state index contributed by atoms with van der Waals surface area (Å²) in [6.07, 6.45) is 4.75. The molecule has 1 aliphatic carbocycles. The second kappa shape index (κ2) is 6.57. The molecule has 2 rings (SSSR count). The van der Waals surface area contributed by atoms with Crippen LogP contribution in [-0.2, 0) is 4.79 Å². The molecule has 0 saturated heterocycles. The maximum Gasteiger partial charge on any atom is 0.224 e. The normalized spacial score (nSPS) is 22.8. The van der Waals surface area contributed by atoms with E-state index in [4.69, 9.17) is 10.5 Å². The molecule has 0 aromatic heterocycles. The quantitative estimate of drug-likeness (QED) is 0.876. The minimum Gasteiger partial charge on any atom is -0.495 e. The molecule has 4 nitrogen and oxygen atoms in total. The molecule has 3 N–H and O–H groups in total. The van der Waals surface area contributed by atoms with Crippen molar-refractivity contribution in [1.82, 2.24) is 0 Å². The van der Waals surface area contributed by atoms with Crippen molar-refractivity contribution < 1.29 is 9.53 Å². The molecule has 1 aliphatic rings. The lowest BCUT2D eigenvalue weighted by Gasteiger charge is -2.25. The van der Waals surface area contributed by atoms with Crippen molar-refractivity contribution in [2.45, 2.75) is 38.1 Å². The van der Waals surface area contributed by atoms with Gasteiger partial charge in [0, 0.05) is 12.5 Å². The summed E-state index contributed by atoms with van der Waals surface area (Å²) in [6.45, 7) is 0. The van der Waals surface area contributed by atoms with Gasteiger partial charge in [0.05, 0.1) is 12.8 Å². The van der Waals surface area contributed by atoms with Crippen molar-refractivity contribution in [3.8, 4) is 5.75 Å². The van der Waals surface area contributed by atoms with Crippen LogP contribution in [0.4, 0.5) is 5.69 Å². The Morgan fingerprint density at radius 3 is 2.68 bits per heavy atom. The van der Waals surface area contributed by atoms with Crippen LogP contribution >= 0.6 is 0 Å². The first kappa shape index (κ1) is 13.9. The Kier molecular flexibility index (Phi) is 4.80. The third-order valence-electron chi connectivity index (χ3n) is 3.75. The zero-order valence-corrected chi connectivity index (χ0v) is 11.4. The van der Waals surface area contributed by atoms with E-state index in [-0.39, 0.29) is 5.91 Å². The largest absolute Gasteiger partial charge is 0.495 e. The number of nitrogens with one attached hydrogen (secondary N) is 1. The maximum absolute atomic E-state index is 12.0.